The summed E-state index contributed by atoms with van der Waals surface area (Å²) in [6, 6.07) is 3.60. The topological polar surface area (TPSA) is 64.4 Å². The molecule has 1 aliphatic rings. The predicted octanol–water partition coefficient (Wildman–Crippen LogP) is 2.33. The number of Topliss-reactive ketones (excluding diaryl/α,β-unsaturated/α-hetero) is 1. The van der Waals surface area contributed by atoms with Crippen LogP contribution in [0.5, 0.6) is 0 Å². The van der Waals surface area contributed by atoms with Gasteiger partial charge in [-0.3, -0.25) is 14.2 Å². The minimum absolute atomic E-state index is 0.0199. The van der Waals surface area contributed by atoms with E-state index in [1.807, 2.05) is 26.8 Å². The number of benzene rings is 1. The lowest BCUT2D eigenvalue weighted by molar-refractivity contribution is 0.101. The molecule has 1 fully saturated rings. The van der Waals surface area contributed by atoms with Gasteiger partial charge in [-0.2, -0.15) is 0 Å². The lowest BCUT2D eigenvalue weighted by atomic mass is 10.0. The van der Waals surface area contributed by atoms with Crippen LogP contribution >= 0.6 is 0 Å². The summed E-state index contributed by atoms with van der Waals surface area (Å²) >= 11 is 0. The van der Waals surface area contributed by atoms with Crippen molar-refractivity contribution in [2.24, 2.45) is 0 Å². The smallest absolute Gasteiger partial charge is 0.263 e. The summed E-state index contributed by atoms with van der Waals surface area (Å²) in [7, 11) is 0. The number of ether oxygens (including phenoxy) is 1. The first kappa shape index (κ1) is 16.6. The molecule has 1 saturated heterocycles. The van der Waals surface area contributed by atoms with E-state index in [0.29, 0.717) is 48.7 Å². The van der Waals surface area contributed by atoms with E-state index in [0.717, 1.165) is 5.56 Å². The van der Waals surface area contributed by atoms with Gasteiger partial charge in [-0.1, -0.05) is 0 Å². The van der Waals surface area contributed by atoms with E-state index in [1.165, 1.54) is 6.92 Å². The zero-order chi connectivity index (χ0) is 17.4. The monoisotopic (exact) mass is 329 g/mol. The number of fused-ring (bicyclic) bond motifs is 1. The van der Waals surface area contributed by atoms with Crippen molar-refractivity contribution in [3.05, 3.63) is 33.6 Å². The first-order valence-electron chi connectivity index (χ1n) is 8.30. The van der Waals surface area contributed by atoms with Crippen molar-refractivity contribution in [3.8, 4) is 0 Å². The molecule has 0 N–H and O–H groups in total. The fourth-order valence-corrected chi connectivity index (χ4v) is 3.16. The molecule has 1 aliphatic heterocycles. The molecule has 3 rings (SSSR count). The Morgan fingerprint density at radius 2 is 1.92 bits per heavy atom. The van der Waals surface area contributed by atoms with Gasteiger partial charge in [0.25, 0.3) is 5.56 Å². The molecule has 0 atom stereocenters. The Morgan fingerprint density at radius 1 is 1.25 bits per heavy atom. The lowest BCUT2D eigenvalue weighted by Crippen LogP contribution is -2.41. The van der Waals surface area contributed by atoms with Crippen molar-refractivity contribution in [1.29, 1.82) is 0 Å². The number of anilines is 1. The van der Waals surface area contributed by atoms with E-state index in [2.05, 4.69) is 4.90 Å². The van der Waals surface area contributed by atoms with Crippen LogP contribution in [0.3, 0.4) is 0 Å². The minimum atomic E-state index is -0.0947. The van der Waals surface area contributed by atoms with Crippen LogP contribution in [0.25, 0.3) is 10.9 Å². The van der Waals surface area contributed by atoms with Crippen LogP contribution < -0.4 is 10.5 Å². The van der Waals surface area contributed by atoms with Gasteiger partial charge in [0.2, 0.25) is 5.95 Å². The SMILES string of the molecule is CC(=O)c1cc(C)cc2c(=O)n(C(C)C)c(N3CCOCC3)nc12. The van der Waals surface area contributed by atoms with E-state index < -0.39 is 0 Å². The normalized spacial score (nSPS) is 15.3. The number of aryl methyl sites for hydroxylation is 1. The molecule has 2 heterocycles. The van der Waals surface area contributed by atoms with E-state index in [-0.39, 0.29) is 17.4 Å². The quantitative estimate of drug-likeness (QED) is 0.809. The third-order valence-corrected chi connectivity index (χ3v) is 4.32. The molecule has 0 spiro atoms. The summed E-state index contributed by atoms with van der Waals surface area (Å²) in [4.78, 5) is 32.0. The molecular weight excluding hydrogens is 306 g/mol. The van der Waals surface area contributed by atoms with Crippen molar-refractivity contribution < 1.29 is 9.53 Å². The minimum Gasteiger partial charge on any atom is -0.378 e. The Labute approximate surface area is 141 Å². The van der Waals surface area contributed by atoms with E-state index in [4.69, 9.17) is 9.72 Å². The number of aromatic nitrogens is 2. The van der Waals surface area contributed by atoms with Gasteiger partial charge in [-0.15, -0.1) is 0 Å². The molecule has 2 aromatic rings. The molecule has 0 unspecified atom stereocenters. The van der Waals surface area contributed by atoms with Gasteiger partial charge in [-0.05, 0) is 45.4 Å². The van der Waals surface area contributed by atoms with E-state index in [1.54, 1.807) is 10.6 Å². The average Bonchev–Trinajstić information content (AvgIpc) is 2.55. The molecule has 24 heavy (non-hydrogen) atoms. The summed E-state index contributed by atoms with van der Waals surface area (Å²) in [5, 5.41) is 0.505. The van der Waals surface area contributed by atoms with Gasteiger partial charge in [0.15, 0.2) is 5.78 Å². The highest BCUT2D eigenvalue weighted by Crippen LogP contribution is 2.23. The Balaban J connectivity index is 2.35. The van der Waals surface area contributed by atoms with Crippen LogP contribution in [-0.4, -0.2) is 41.6 Å². The molecular formula is C18H23N3O3. The number of hydrogen-bond acceptors (Lipinski definition) is 5. The number of rotatable bonds is 3. The van der Waals surface area contributed by atoms with Gasteiger partial charge in [-0.25, -0.2) is 4.98 Å². The first-order valence-corrected chi connectivity index (χ1v) is 8.30. The Hall–Kier alpha value is -2.21. The van der Waals surface area contributed by atoms with Crippen LogP contribution in [0.4, 0.5) is 5.95 Å². The van der Waals surface area contributed by atoms with Crippen molar-refractivity contribution >= 4 is 22.6 Å². The Kier molecular flexibility index (Phi) is 4.41. The predicted molar refractivity (Wildman–Crippen MR) is 94.2 cm³/mol. The summed E-state index contributed by atoms with van der Waals surface area (Å²) in [5.74, 6) is 0.544. The number of carbonyl (C=O) groups is 1. The van der Waals surface area contributed by atoms with Crippen LogP contribution in [0.15, 0.2) is 16.9 Å². The molecule has 0 radical (unpaired) electrons. The van der Waals surface area contributed by atoms with Gasteiger partial charge < -0.3 is 9.64 Å². The van der Waals surface area contributed by atoms with Gasteiger partial charge in [0, 0.05) is 24.7 Å². The summed E-state index contributed by atoms with van der Waals surface area (Å²) in [5.41, 5.74) is 1.80. The van der Waals surface area contributed by atoms with Crippen LogP contribution in [0.2, 0.25) is 0 Å². The second-order valence-electron chi connectivity index (χ2n) is 6.54. The maximum atomic E-state index is 13.1. The Bertz CT molecular complexity index is 849. The van der Waals surface area contributed by atoms with Gasteiger partial charge in [0.05, 0.1) is 24.1 Å². The molecule has 0 amide bonds. The number of ketones is 1. The van der Waals surface area contributed by atoms with E-state index in [9.17, 15) is 9.59 Å². The summed E-state index contributed by atoms with van der Waals surface area (Å²) in [6.45, 7) is 9.94. The van der Waals surface area contributed by atoms with Crippen molar-refractivity contribution in [2.75, 3.05) is 31.2 Å². The highest BCUT2D eigenvalue weighted by atomic mass is 16.5. The maximum Gasteiger partial charge on any atom is 0.263 e. The molecule has 0 bridgehead atoms. The zero-order valence-corrected chi connectivity index (χ0v) is 14.6. The van der Waals surface area contributed by atoms with Gasteiger partial charge >= 0.3 is 0 Å². The lowest BCUT2D eigenvalue weighted by Gasteiger charge is -2.31. The third-order valence-electron chi connectivity index (χ3n) is 4.32. The fraction of sp³-hybridized carbons (Fsp3) is 0.500. The first-order chi connectivity index (χ1) is 11.4. The van der Waals surface area contributed by atoms with Gasteiger partial charge in [0.1, 0.15) is 0 Å². The summed E-state index contributed by atoms with van der Waals surface area (Å²) < 4.78 is 7.13. The molecule has 6 nitrogen and oxygen atoms in total. The maximum absolute atomic E-state index is 13.1. The number of carbonyl (C=O) groups excluding carboxylic acids is 1. The van der Waals surface area contributed by atoms with Crippen LogP contribution in [0, 0.1) is 6.92 Å². The fourth-order valence-electron chi connectivity index (χ4n) is 3.16. The van der Waals surface area contributed by atoms with Crippen molar-refractivity contribution in [3.63, 3.8) is 0 Å². The summed E-state index contributed by atoms with van der Waals surface area (Å²) in [6.07, 6.45) is 0. The molecule has 0 saturated carbocycles. The molecule has 128 valence electrons. The standard InChI is InChI=1S/C18H23N3O3/c1-11(2)21-17(23)15-10-12(3)9-14(13(4)22)16(15)19-18(21)20-5-7-24-8-6-20/h9-11H,5-8H2,1-4H3. The number of hydrogen-bond donors (Lipinski definition) is 0. The number of morpholine rings is 1. The van der Waals surface area contributed by atoms with Crippen LogP contribution in [-0.2, 0) is 4.74 Å². The average molecular weight is 329 g/mol. The van der Waals surface area contributed by atoms with E-state index >= 15 is 0 Å². The highest BCUT2D eigenvalue weighted by Gasteiger charge is 2.22. The highest BCUT2D eigenvalue weighted by molar-refractivity contribution is 6.05. The Morgan fingerprint density at radius 3 is 2.50 bits per heavy atom. The van der Waals surface area contributed by atoms with Crippen LogP contribution in [0.1, 0.15) is 42.7 Å². The van der Waals surface area contributed by atoms with Crippen molar-refractivity contribution in [2.45, 2.75) is 33.7 Å². The molecule has 0 aliphatic carbocycles. The molecule has 6 heteroatoms. The zero-order valence-electron chi connectivity index (χ0n) is 14.6. The van der Waals surface area contributed by atoms with Crippen molar-refractivity contribution in [1.82, 2.24) is 9.55 Å². The molecule has 1 aromatic heterocycles. The second-order valence-corrected chi connectivity index (χ2v) is 6.54. The molecule has 1 aromatic carbocycles. The number of nitrogens with zero attached hydrogens (tertiary/aromatic N) is 3. The third kappa shape index (κ3) is 2.82. The largest absolute Gasteiger partial charge is 0.378 e. The second kappa shape index (κ2) is 6.36.